The van der Waals surface area contributed by atoms with Crippen LogP contribution in [0.25, 0.3) is 0 Å². The van der Waals surface area contributed by atoms with Gasteiger partial charge in [-0.15, -0.1) is 11.3 Å². The van der Waals surface area contributed by atoms with Gasteiger partial charge in [-0.25, -0.2) is 4.98 Å². The molecular weight excluding hydrogens is 422 g/mol. The highest BCUT2D eigenvalue weighted by Crippen LogP contribution is 2.16. The van der Waals surface area contributed by atoms with Gasteiger partial charge in [0.25, 0.3) is 11.8 Å². The van der Waals surface area contributed by atoms with E-state index in [0.717, 1.165) is 17.0 Å². The molecule has 1 aromatic heterocycles. The van der Waals surface area contributed by atoms with Gasteiger partial charge in [-0.3, -0.25) is 9.59 Å². The third kappa shape index (κ3) is 5.60. The lowest BCUT2D eigenvalue weighted by molar-refractivity contribution is -0.0586. The molecule has 1 N–H and O–H groups in total. The number of nitrogens with zero attached hydrogens (tertiary/aromatic N) is 2. The van der Waals surface area contributed by atoms with E-state index in [1.165, 1.54) is 16.9 Å². The van der Waals surface area contributed by atoms with Gasteiger partial charge in [-0.2, -0.15) is 0 Å². The Bertz CT molecular complexity index is 1060. The van der Waals surface area contributed by atoms with Gasteiger partial charge in [0.05, 0.1) is 17.2 Å². The van der Waals surface area contributed by atoms with Crippen LogP contribution in [0.5, 0.6) is 0 Å². The second kappa shape index (κ2) is 10.1. The lowest BCUT2D eigenvalue weighted by atomic mass is 10.1. The van der Waals surface area contributed by atoms with E-state index in [0.29, 0.717) is 30.9 Å². The smallest absolute Gasteiger partial charge is 0.271 e. The zero-order valence-electron chi connectivity index (χ0n) is 18.3. The lowest BCUT2D eigenvalue weighted by Crippen LogP contribution is -2.48. The highest BCUT2D eigenvalue weighted by atomic mass is 32.1. The first-order chi connectivity index (χ1) is 15.5. The lowest BCUT2D eigenvalue weighted by Gasteiger charge is -2.35. The number of hydrogen-bond acceptors (Lipinski definition) is 5. The molecule has 2 atom stereocenters. The van der Waals surface area contributed by atoms with E-state index in [9.17, 15) is 9.59 Å². The quantitative estimate of drug-likeness (QED) is 0.619. The topological polar surface area (TPSA) is 71.5 Å². The van der Waals surface area contributed by atoms with Gasteiger partial charge in [0.2, 0.25) is 0 Å². The largest absolute Gasteiger partial charge is 0.372 e. The van der Waals surface area contributed by atoms with Crippen LogP contribution in [0.2, 0.25) is 0 Å². The van der Waals surface area contributed by atoms with Crippen molar-refractivity contribution in [3.8, 4) is 0 Å². The van der Waals surface area contributed by atoms with E-state index >= 15 is 0 Å². The number of nitrogens with one attached hydrogen (secondary N) is 1. The molecule has 2 amide bonds. The molecule has 0 saturated carbocycles. The predicted molar refractivity (Wildman–Crippen MR) is 125 cm³/mol. The molecule has 1 aliphatic heterocycles. The summed E-state index contributed by atoms with van der Waals surface area (Å²) in [5.41, 5.74) is 3.18. The highest BCUT2D eigenvalue weighted by molar-refractivity contribution is 7.09. The Hall–Kier alpha value is -3.03. The Kier molecular flexibility index (Phi) is 6.97. The molecule has 1 saturated heterocycles. The van der Waals surface area contributed by atoms with Crippen molar-refractivity contribution in [2.75, 3.05) is 13.1 Å². The van der Waals surface area contributed by atoms with Crippen LogP contribution in [-0.4, -0.2) is 47.0 Å². The number of benzene rings is 2. The third-order valence-corrected chi connectivity index (χ3v) is 6.19. The Morgan fingerprint density at radius 3 is 2.41 bits per heavy atom. The molecule has 0 spiro atoms. The molecule has 32 heavy (non-hydrogen) atoms. The predicted octanol–water partition coefficient (Wildman–Crippen LogP) is 3.91. The number of carbonyl (C=O) groups excluding carboxylic acids is 2. The third-order valence-electron chi connectivity index (χ3n) is 5.34. The fourth-order valence-electron chi connectivity index (χ4n) is 3.83. The van der Waals surface area contributed by atoms with E-state index < -0.39 is 0 Å². The van der Waals surface area contributed by atoms with Crippen molar-refractivity contribution in [1.29, 1.82) is 0 Å². The van der Waals surface area contributed by atoms with Crippen molar-refractivity contribution < 1.29 is 14.3 Å². The second-order valence-electron chi connectivity index (χ2n) is 8.14. The Morgan fingerprint density at radius 2 is 1.72 bits per heavy atom. The van der Waals surface area contributed by atoms with E-state index in [1.54, 1.807) is 5.38 Å². The summed E-state index contributed by atoms with van der Waals surface area (Å²) in [4.78, 5) is 31.6. The van der Waals surface area contributed by atoms with Crippen molar-refractivity contribution in [2.24, 2.45) is 0 Å². The van der Waals surface area contributed by atoms with Crippen molar-refractivity contribution >= 4 is 23.2 Å². The van der Waals surface area contributed by atoms with Crippen LogP contribution >= 0.6 is 11.3 Å². The molecule has 7 heteroatoms. The maximum Gasteiger partial charge on any atom is 0.271 e. The maximum atomic E-state index is 12.8. The summed E-state index contributed by atoms with van der Waals surface area (Å²) < 4.78 is 5.71. The number of aromatic nitrogens is 1. The number of rotatable bonds is 6. The molecule has 2 unspecified atom stereocenters. The standard InChI is InChI=1S/C25H27N3O3S/c1-17-14-28(15-18(2)31-17)25(30)21-10-8-20(9-11-21)13-26-24(29)22-16-32-23(27-22)12-19-6-4-3-5-7-19/h3-11,16-18H,12-15H2,1-2H3,(H,26,29). The number of hydrogen-bond donors (Lipinski definition) is 1. The number of ether oxygens (including phenoxy) is 1. The summed E-state index contributed by atoms with van der Waals surface area (Å²) in [6.45, 7) is 5.54. The molecule has 0 radical (unpaired) electrons. The van der Waals surface area contributed by atoms with Gasteiger partial charge >= 0.3 is 0 Å². The van der Waals surface area contributed by atoms with E-state index in [-0.39, 0.29) is 24.0 Å². The van der Waals surface area contributed by atoms with Gasteiger partial charge in [-0.1, -0.05) is 42.5 Å². The summed E-state index contributed by atoms with van der Waals surface area (Å²) in [7, 11) is 0. The Balaban J connectivity index is 1.30. The molecule has 3 aromatic rings. The number of carbonyl (C=O) groups is 2. The zero-order valence-corrected chi connectivity index (χ0v) is 19.1. The summed E-state index contributed by atoms with van der Waals surface area (Å²) in [5, 5.41) is 5.61. The van der Waals surface area contributed by atoms with Gasteiger partial charge < -0.3 is 15.0 Å². The van der Waals surface area contributed by atoms with Crippen LogP contribution in [0, 0.1) is 0 Å². The maximum absolute atomic E-state index is 12.8. The van der Waals surface area contributed by atoms with Crippen molar-refractivity contribution in [3.63, 3.8) is 0 Å². The first-order valence-electron chi connectivity index (χ1n) is 10.8. The number of morpholine rings is 1. The molecule has 2 aromatic carbocycles. The molecule has 166 valence electrons. The monoisotopic (exact) mass is 449 g/mol. The van der Waals surface area contributed by atoms with Gasteiger partial charge in [0.1, 0.15) is 5.69 Å². The minimum Gasteiger partial charge on any atom is -0.372 e. The Labute approximate surface area is 192 Å². The molecular formula is C25H27N3O3S. The zero-order chi connectivity index (χ0) is 22.5. The number of amides is 2. The van der Waals surface area contributed by atoms with E-state index in [4.69, 9.17) is 4.74 Å². The Morgan fingerprint density at radius 1 is 1.03 bits per heavy atom. The molecule has 0 aliphatic carbocycles. The second-order valence-corrected chi connectivity index (χ2v) is 9.08. The molecule has 1 fully saturated rings. The van der Waals surface area contributed by atoms with E-state index in [1.807, 2.05) is 61.2 Å². The average Bonchev–Trinajstić information content (AvgIpc) is 3.26. The minimum atomic E-state index is -0.197. The van der Waals surface area contributed by atoms with Crippen LogP contribution in [0.1, 0.15) is 50.8 Å². The molecule has 1 aliphatic rings. The molecule has 6 nitrogen and oxygen atoms in total. The van der Waals surface area contributed by atoms with Crippen molar-refractivity contribution in [3.05, 3.63) is 87.4 Å². The first kappa shape index (κ1) is 22.2. The van der Waals surface area contributed by atoms with Gasteiger partial charge in [0, 0.05) is 37.0 Å². The molecule has 2 heterocycles. The van der Waals surface area contributed by atoms with Crippen LogP contribution in [0.4, 0.5) is 0 Å². The van der Waals surface area contributed by atoms with Crippen LogP contribution in [0.15, 0.2) is 60.0 Å². The average molecular weight is 450 g/mol. The SMILES string of the molecule is CC1CN(C(=O)c2ccc(CNC(=O)c3csc(Cc4ccccc4)n3)cc2)CC(C)O1. The van der Waals surface area contributed by atoms with Crippen LogP contribution in [0.3, 0.4) is 0 Å². The fourth-order valence-corrected chi connectivity index (χ4v) is 4.64. The molecule has 4 rings (SSSR count). The van der Waals surface area contributed by atoms with Crippen molar-refractivity contribution in [1.82, 2.24) is 15.2 Å². The van der Waals surface area contributed by atoms with E-state index in [2.05, 4.69) is 22.4 Å². The number of thiazole rings is 1. The first-order valence-corrected chi connectivity index (χ1v) is 11.7. The van der Waals surface area contributed by atoms with Crippen molar-refractivity contribution in [2.45, 2.75) is 39.0 Å². The summed E-state index contributed by atoms with van der Waals surface area (Å²) in [5.74, 6) is -0.187. The summed E-state index contributed by atoms with van der Waals surface area (Å²) >= 11 is 1.49. The van der Waals surface area contributed by atoms with Gasteiger partial charge in [-0.05, 0) is 37.1 Å². The van der Waals surface area contributed by atoms with Crippen LogP contribution in [-0.2, 0) is 17.7 Å². The summed E-state index contributed by atoms with van der Waals surface area (Å²) in [6, 6.07) is 17.5. The van der Waals surface area contributed by atoms with Gasteiger partial charge in [0.15, 0.2) is 0 Å². The minimum absolute atomic E-state index is 0.0102. The highest BCUT2D eigenvalue weighted by Gasteiger charge is 2.26. The summed E-state index contributed by atoms with van der Waals surface area (Å²) in [6.07, 6.45) is 0.793. The fraction of sp³-hybridized carbons (Fsp3) is 0.320. The van der Waals surface area contributed by atoms with Crippen LogP contribution < -0.4 is 5.32 Å². The normalized spacial score (nSPS) is 18.4. The molecule has 0 bridgehead atoms.